The largest absolute Gasteiger partial charge is 0.391 e. The summed E-state index contributed by atoms with van der Waals surface area (Å²) in [5.74, 6) is 1.21. The zero-order valence-electron chi connectivity index (χ0n) is 7.40. The van der Waals surface area contributed by atoms with E-state index in [2.05, 4.69) is 5.16 Å². The summed E-state index contributed by atoms with van der Waals surface area (Å²) in [6.07, 6.45) is 3.51. The third-order valence-corrected chi connectivity index (χ3v) is 2.44. The highest BCUT2D eigenvalue weighted by atomic mass is 16.5. The highest BCUT2D eigenvalue weighted by Crippen LogP contribution is 2.29. The molecule has 0 saturated carbocycles. The van der Waals surface area contributed by atoms with E-state index < -0.39 is 0 Å². The van der Waals surface area contributed by atoms with Gasteiger partial charge in [0.1, 0.15) is 5.76 Å². The molecule has 1 aliphatic rings. The van der Waals surface area contributed by atoms with Gasteiger partial charge in [-0.2, -0.15) is 0 Å². The Bertz CT molecular complexity index is 266. The minimum absolute atomic E-state index is 0.0101. The van der Waals surface area contributed by atoms with Crippen LogP contribution in [-0.4, -0.2) is 23.5 Å². The standard InChI is InChI=1S/C9H13NO3/c11-6-8-5-10-13-9(8)7-1-3-12-4-2-7/h5,7,11H,1-4,6H2. The van der Waals surface area contributed by atoms with Crippen molar-refractivity contribution >= 4 is 0 Å². The zero-order valence-corrected chi connectivity index (χ0v) is 7.40. The molecule has 1 aromatic rings. The molecule has 2 rings (SSSR count). The molecule has 0 aromatic carbocycles. The van der Waals surface area contributed by atoms with Gasteiger partial charge in [0.2, 0.25) is 0 Å². The van der Waals surface area contributed by atoms with Crippen LogP contribution < -0.4 is 0 Å². The van der Waals surface area contributed by atoms with Crippen LogP contribution >= 0.6 is 0 Å². The second-order valence-electron chi connectivity index (χ2n) is 3.26. The lowest BCUT2D eigenvalue weighted by molar-refractivity contribution is 0.0784. The van der Waals surface area contributed by atoms with E-state index in [-0.39, 0.29) is 6.61 Å². The number of aliphatic hydroxyl groups is 1. The normalized spacial score (nSPS) is 19.2. The van der Waals surface area contributed by atoms with Gasteiger partial charge >= 0.3 is 0 Å². The number of hydrogen-bond acceptors (Lipinski definition) is 4. The van der Waals surface area contributed by atoms with Crippen molar-refractivity contribution in [3.63, 3.8) is 0 Å². The Balaban J connectivity index is 2.13. The smallest absolute Gasteiger partial charge is 0.145 e. The molecular formula is C9H13NO3. The van der Waals surface area contributed by atoms with E-state index in [1.54, 1.807) is 6.20 Å². The SMILES string of the molecule is OCc1cnoc1C1CCOCC1. The molecule has 72 valence electrons. The fraction of sp³-hybridized carbons (Fsp3) is 0.667. The van der Waals surface area contributed by atoms with Crippen molar-refractivity contribution in [3.8, 4) is 0 Å². The van der Waals surface area contributed by atoms with Crippen molar-refractivity contribution in [2.45, 2.75) is 25.4 Å². The van der Waals surface area contributed by atoms with Crippen LogP contribution in [0.2, 0.25) is 0 Å². The van der Waals surface area contributed by atoms with Gasteiger partial charge in [0.25, 0.3) is 0 Å². The second-order valence-corrected chi connectivity index (χ2v) is 3.26. The Hall–Kier alpha value is -0.870. The van der Waals surface area contributed by atoms with Gasteiger partial charge in [-0.3, -0.25) is 0 Å². The minimum atomic E-state index is 0.0101. The number of aliphatic hydroxyl groups excluding tert-OH is 1. The van der Waals surface area contributed by atoms with Crippen molar-refractivity contribution in [2.24, 2.45) is 0 Å². The molecule has 0 bridgehead atoms. The van der Waals surface area contributed by atoms with Gasteiger partial charge in [0, 0.05) is 24.7 Å². The van der Waals surface area contributed by atoms with E-state index in [1.807, 2.05) is 0 Å². The van der Waals surface area contributed by atoms with Crippen LogP contribution in [-0.2, 0) is 11.3 Å². The quantitative estimate of drug-likeness (QED) is 0.744. The fourth-order valence-electron chi connectivity index (χ4n) is 1.68. The number of hydrogen-bond donors (Lipinski definition) is 1. The van der Waals surface area contributed by atoms with Crippen LogP contribution in [0.1, 0.15) is 30.1 Å². The number of ether oxygens (including phenoxy) is 1. The van der Waals surface area contributed by atoms with Crippen LogP contribution in [0.15, 0.2) is 10.7 Å². The first-order chi connectivity index (χ1) is 6.42. The van der Waals surface area contributed by atoms with Crippen molar-refractivity contribution in [1.29, 1.82) is 0 Å². The lowest BCUT2D eigenvalue weighted by Crippen LogP contribution is -2.14. The van der Waals surface area contributed by atoms with Crippen LogP contribution in [0.4, 0.5) is 0 Å². The third-order valence-electron chi connectivity index (χ3n) is 2.44. The van der Waals surface area contributed by atoms with Crippen LogP contribution in [0.25, 0.3) is 0 Å². The number of aromatic nitrogens is 1. The van der Waals surface area contributed by atoms with E-state index in [4.69, 9.17) is 14.4 Å². The Morgan fingerprint density at radius 2 is 2.23 bits per heavy atom. The molecule has 4 nitrogen and oxygen atoms in total. The Labute approximate surface area is 76.5 Å². The zero-order chi connectivity index (χ0) is 9.10. The first-order valence-electron chi connectivity index (χ1n) is 4.54. The molecule has 0 amide bonds. The Kier molecular flexibility index (Phi) is 2.61. The molecule has 0 unspecified atom stereocenters. The average Bonchev–Trinajstić information content (AvgIpc) is 2.67. The predicted octanol–water partition coefficient (Wildman–Crippen LogP) is 1.06. The first kappa shape index (κ1) is 8.72. The molecule has 0 spiro atoms. The maximum atomic E-state index is 9.01. The van der Waals surface area contributed by atoms with E-state index in [0.717, 1.165) is 37.4 Å². The molecule has 1 aromatic heterocycles. The average molecular weight is 183 g/mol. The maximum absolute atomic E-state index is 9.01. The molecule has 4 heteroatoms. The van der Waals surface area contributed by atoms with Gasteiger partial charge in [-0.1, -0.05) is 5.16 Å². The Morgan fingerprint density at radius 1 is 1.46 bits per heavy atom. The highest BCUT2D eigenvalue weighted by Gasteiger charge is 2.22. The fourth-order valence-corrected chi connectivity index (χ4v) is 1.68. The molecule has 0 radical (unpaired) electrons. The van der Waals surface area contributed by atoms with Crippen molar-refractivity contribution in [3.05, 3.63) is 17.5 Å². The second kappa shape index (κ2) is 3.89. The topological polar surface area (TPSA) is 55.5 Å². The first-order valence-corrected chi connectivity index (χ1v) is 4.54. The summed E-state index contributed by atoms with van der Waals surface area (Å²) in [7, 11) is 0. The third kappa shape index (κ3) is 1.73. The number of rotatable bonds is 2. The van der Waals surface area contributed by atoms with E-state index >= 15 is 0 Å². The minimum Gasteiger partial charge on any atom is -0.391 e. The molecule has 13 heavy (non-hydrogen) atoms. The van der Waals surface area contributed by atoms with Gasteiger partial charge in [-0.25, -0.2) is 0 Å². The van der Waals surface area contributed by atoms with Gasteiger partial charge in [-0.15, -0.1) is 0 Å². The van der Waals surface area contributed by atoms with Gasteiger partial charge in [-0.05, 0) is 12.8 Å². The lowest BCUT2D eigenvalue weighted by Gasteiger charge is -2.20. The van der Waals surface area contributed by atoms with Crippen molar-refractivity contribution < 1.29 is 14.4 Å². The summed E-state index contributed by atoms with van der Waals surface area (Å²) in [6.45, 7) is 1.56. The molecule has 1 N–H and O–H groups in total. The van der Waals surface area contributed by atoms with Gasteiger partial charge in [0.15, 0.2) is 0 Å². The van der Waals surface area contributed by atoms with Gasteiger partial charge < -0.3 is 14.4 Å². The van der Waals surface area contributed by atoms with E-state index in [9.17, 15) is 0 Å². The molecule has 1 saturated heterocycles. The monoisotopic (exact) mass is 183 g/mol. The highest BCUT2D eigenvalue weighted by molar-refractivity contribution is 5.16. The summed E-state index contributed by atoms with van der Waals surface area (Å²) < 4.78 is 10.4. The van der Waals surface area contributed by atoms with Crippen LogP contribution in [0.5, 0.6) is 0 Å². The van der Waals surface area contributed by atoms with Gasteiger partial charge in [0.05, 0.1) is 12.8 Å². The van der Waals surface area contributed by atoms with Crippen molar-refractivity contribution in [2.75, 3.05) is 13.2 Å². The van der Waals surface area contributed by atoms with Crippen molar-refractivity contribution in [1.82, 2.24) is 5.16 Å². The summed E-state index contributed by atoms with van der Waals surface area (Å²) in [5.41, 5.74) is 0.812. The summed E-state index contributed by atoms with van der Waals surface area (Å²) in [6, 6.07) is 0. The summed E-state index contributed by atoms with van der Waals surface area (Å²) in [4.78, 5) is 0. The predicted molar refractivity (Wildman–Crippen MR) is 45.2 cm³/mol. The summed E-state index contributed by atoms with van der Waals surface area (Å²) in [5, 5.41) is 12.7. The summed E-state index contributed by atoms with van der Waals surface area (Å²) >= 11 is 0. The molecule has 1 fully saturated rings. The molecule has 0 aliphatic carbocycles. The maximum Gasteiger partial charge on any atom is 0.145 e. The Morgan fingerprint density at radius 3 is 2.92 bits per heavy atom. The number of nitrogens with zero attached hydrogens (tertiary/aromatic N) is 1. The molecular weight excluding hydrogens is 170 g/mol. The van der Waals surface area contributed by atoms with Crippen LogP contribution in [0, 0.1) is 0 Å². The molecule has 0 atom stereocenters. The molecule has 1 aliphatic heterocycles. The van der Waals surface area contributed by atoms with E-state index in [1.165, 1.54) is 0 Å². The molecule has 2 heterocycles. The van der Waals surface area contributed by atoms with Crippen LogP contribution in [0.3, 0.4) is 0 Å². The van der Waals surface area contributed by atoms with E-state index in [0.29, 0.717) is 5.92 Å². The lowest BCUT2D eigenvalue weighted by atomic mass is 9.95.